The predicted molar refractivity (Wildman–Crippen MR) is 88.6 cm³/mol. The molecule has 4 nitrogen and oxygen atoms in total. The molecule has 2 rings (SSSR count). The van der Waals surface area contributed by atoms with Crippen molar-refractivity contribution in [2.75, 3.05) is 6.61 Å². The summed E-state index contributed by atoms with van der Waals surface area (Å²) in [6.45, 7) is 3.77. The molecule has 1 amide bonds. The van der Waals surface area contributed by atoms with Gasteiger partial charge in [-0.15, -0.1) is 0 Å². The number of hydrogen-bond donors (Lipinski definition) is 1. The molecule has 120 valence electrons. The highest BCUT2D eigenvalue weighted by Gasteiger charge is 2.05. The van der Waals surface area contributed by atoms with Crippen LogP contribution in [0.4, 0.5) is 4.39 Å². The summed E-state index contributed by atoms with van der Waals surface area (Å²) >= 11 is 5.84. The average Bonchev–Trinajstić information content (AvgIpc) is 2.51. The molecular formula is C17H16ClFN2O2. The Hall–Kier alpha value is -2.40. The van der Waals surface area contributed by atoms with Gasteiger partial charge in [0.1, 0.15) is 11.6 Å². The summed E-state index contributed by atoms with van der Waals surface area (Å²) in [6.07, 6.45) is 1.16. The van der Waals surface area contributed by atoms with Crippen LogP contribution < -0.4 is 10.2 Å². The van der Waals surface area contributed by atoms with Crippen molar-refractivity contribution < 1.29 is 13.9 Å². The standard InChI is InChI=1S/C17H16ClFN2O2/c1-11-6-7-13(8-12(11)2)23-10-17(22)21-20-9-14-15(18)4-3-5-16(14)19/h3-9H,10H2,1-2H3,(H,21,22)/b20-9-. The topological polar surface area (TPSA) is 50.7 Å². The van der Waals surface area contributed by atoms with Crippen molar-refractivity contribution in [1.82, 2.24) is 5.43 Å². The molecule has 2 aromatic carbocycles. The summed E-state index contributed by atoms with van der Waals surface area (Å²) in [5, 5.41) is 3.90. The van der Waals surface area contributed by atoms with E-state index in [1.54, 1.807) is 6.07 Å². The van der Waals surface area contributed by atoms with Gasteiger partial charge in [-0.25, -0.2) is 9.82 Å². The van der Waals surface area contributed by atoms with Gasteiger partial charge in [-0.2, -0.15) is 5.10 Å². The van der Waals surface area contributed by atoms with Crippen LogP contribution in [0, 0.1) is 19.7 Å². The summed E-state index contributed by atoms with van der Waals surface area (Å²) in [5.74, 6) is -0.363. The number of hydrazone groups is 1. The van der Waals surface area contributed by atoms with Crippen LogP contribution in [0.3, 0.4) is 0 Å². The Bertz CT molecular complexity index is 727. The molecule has 0 heterocycles. The highest BCUT2D eigenvalue weighted by atomic mass is 35.5. The van der Waals surface area contributed by atoms with E-state index >= 15 is 0 Å². The van der Waals surface area contributed by atoms with Crippen LogP contribution in [-0.4, -0.2) is 18.7 Å². The molecule has 0 saturated carbocycles. The molecule has 0 radical (unpaired) electrons. The molecule has 1 N–H and O–H groups in total. The van der Waals surface area contributed by atoms with Crippen molar-refractivity contribution in [2.45, 2.75) is 13.8 Å². The van der Waals surface area contributed by atoms with Gasteiger partial charge >= 0.3 is 0 Å². The van der Waals surface area contributed by atoms with Gasteiger partial charge in [0, 0.05) is 5.56 Å². The molecule has 0 atom stereocenters. The maximum atomic E-state index is 13.5. The lowest BCUT2D eigenvalue weighted by atomic mass is 10.1. The van der Waals surface area contributed by atoms with Gasteiger partial charge < -0.3 is 4.74 Å². The van der Waals surface area contributed by atoms with Crippen molar-refractivity contribution in [3.8, 4) is 5.75 Å². The summed E-state index contributed by atoms with van der Waals surface area (Å²) in [5.41, 5.74) is 4.60. The molecule has 0 aliphatic rings. The predicted octanol–water partition coefficient (Wildman–Crippen LogP) is 3.63. The van der Waals surface area contributed by atoms with Crippen LogP contribution in [0.2, 0.25) is 5.02 Å². The lowest BCUT2D eigenvalue weighted by Gasteiger charge is -2.07. The molecule has 0 fully saturated rings. The van der Waals surface area contributed by atoms with E-state index in [1.807, 2.05) is 26.0 Å². The van der Waals surface area contributed by atoms with Crippen molar-refractivity contribution >= 4 is 23.7 Å². The molecule has 0 aromatic heterocycles. The number of nitrogens with one attached hydrogen (secondary N) is 1. The van der Waals surface area contributed by atoms with Crippen LogP contribution in [0.15, 0.2) is 41.5 Å². The Morgan fingerprint density at radius 3 is 2.78 bits per heavy atom. The van der Waals surface area contributed by atoms with Crippen LogP contribution in [-0.2, 0) is 4.79 Å². The SMILES string of the molecule is Cc1ccc(OCC(=O)N/N=C\c2c(F)cccc2Cl)cc1C. The number of hydrogen-bond acceptors (Lipinski definition) is 3. The van der Waals surface area contributed by atoms with Crippen LogP contribution in [0.25, 0.3) is 0 Å². The highest BCUT2D eigenvalue weighted by Crippen LogP contribution is 2.17. The summed E-state index contributed by atoms with van der Waals surface area (Å²) in [6, 6.07) is 9.85. The molecular weight excluding hydrogens is 319 g/mol. The third-order valence-corrected chi connectivity index (χ3v) is 3.56. The average molecular weight is 335 g/mol. The Morgan fingerprint density at radius 2 is 2.09 bits per heavy atom. The highest BCUT2D eigenvalue weighted by molar-refractivity contribution is 6.33. The number of aryl methyl sites for hydroxylation is 2. The largest absolute Gasteiger partial charge is 0.484 e. The Balaban J connectivity index is 1.87. The van der Waals surface area contributed by atoms with E-state index in [1.165, 1.54) is 18.2 Å². The van der Waals surface area contributed by atoms with Crippen molar-refractivity contribution in [1.29, 1.82) is 0 Å². The van der Waals surface area contributed by atoms with Gasteiger partial charge in [0.05, 0.1) is 11.2 Å². The Morgan fingerprint density at radius 1 is 1.30 bits per heavy atom. The molecule has 23 heavy (non-hydrogen) atoms. The molecule has 0 unspecified atom stereocenters. The van der Waals surface area contributed by atoms with Crippen LogP contribution in [0.5, 0.6) is 5.75 Å². The fourth-order valence-corrected chi connectivity index (χ4v) is 2.00. The van der Waals surface area contributed by atoms with Gasteiger partial charge in [0.15, 0.2) is 6.61 Å². The smallest absolute Gasteiger partial charge is 0.277 e. The second kappa shape index (κ2) is 7.74. The Labute approximate surface area is 138 Å². The first-order valence-corrected chi connectivity index (χ1v) is 7.31. The molecule has 0 saturated heterocycles. The maximum Gasteiger partial charge on any atom is 0.277 e. The van der Waals surface area contributed by atoms with E-state index < -0.39 is 11.7 Å². The first-order valence-electron chi connectivity index (χ1n) is 6.93. The van der Waals surface area contributed by atoms with Gasteiger partial charge in [0.25, 0.3) is 5.91 Å². The number of rotatable bonds is 5. The molecule has 6 heteroatoms. The number of amides is 1. The van der Waals surface area contributed by atoms with Crippen LogP contribution in [0.1, 0.15) is 16.7 Å². The molecule has 0 spiro atoms. The third kappa shape index (κ3) is 4.79. The minimum Gasteiger partial charge on any atom is -0.484 e. The van der Waals surface area contributed by atoms with E-state index in [2.05, 4.69) is 10.5 Å². The lowest BCUT2D eigenvalue weighted by molar-refractivity contribution is -0.123. The van der Waals surface area contributed by atoms with Crippen molar-refractivity contribution in [3.63, 3.8) is 0 Å². The number of nitrogens with zero attached hydrogens (tertiary/aromatic N) is 1. The van der Waals surface area contributed by atoms with Crippen molar-refractivity contribution in [3.05, 3.63) is 63.9 Å². The van der Waals surface area contributed by atoms with E-state index in [4.69, 9.17) is 16.3 Å². The minimum atomic E-state index is -0.512. The molecule has 0 bridgehead atoms. The first kappa shape index (κ1) is 17.0. The van der Waals surface area contributed by atoms with E-state index in [9.17, 15) is 9.18 Å². The molecule has 0 aliphatic carbocycles. The zero-order valence-electron chi connectivity index (χ0n) is 12.8. The van der Waals surface area contributed by atoms with E-state index in [0.29, 0.717) is 5.75 Å². The molecule has 0 aliphatic heterocycles. The summed E-state index contributed by atoms with van der Waals surface area (Å²) in [7, 11) is 0. The number of halogens is 2. The van der Waals surface area contributed by atoms with Gasteiger partial charge in [-0.05, 0) is 49.2 Å². The number of carbonyl (C=O) groups is 1. The van der Waals surface area contributed by atoms with Gasteiger partial charge in [-0.3, -0.25) is 4.79 Å². The second-order valence-electron chi connectivity index (χ2n) is 4.96. The van der Waals surface area contributed by atoms with E-state index in [-0.39, 0.29) is 17.2 Å². The second-order valence-corrected chi connectivity index (χ2v) is 5.37. The zero-order valence-corrected chi connectivity index (χ0v) is 13.5. The van der Waals surface area contributed by atoms with Crippen molar-refractivity contribution in [2.24, 2.45) is 5.10 Å². The minimum absolute atomic E-state index is 0.115. The fourth-order valence-electron chi connectivity index (χ4n) is 1.79. The first-order chi connectivity index (χ1) is 11.0. The number of benzene rings is 2. The Kier molecular flexibility index (Phi) is 5.71. The van der Waals surface area contributed by atoms with E-state index in [0.717, 1.165) is 17.3 Å². The monoisotopic (exact) mass is 334 g/mol. The molecule has 2 aromatic rings. The summed E-state index contributed by atoms with van der Waals surface area (Å²) in [4.78, 5) is 11.7. The third-order valence-electron chi connectivity index (χ3n) is 3.23. The quantitative estimate of drug-likeness (QED) is 0.670. The summed E-state index contributed by atoms with van der Waals surface area (Å²) < 4.78 is 18.9. The fraction of sp³-hybridized carbons (Fsp3) is 0.176. The van der Waals surface area contributed by atoms with Gasteiger partial charge in [-0.1, -0.05) is 23.7 Å². The lowest BCUT2D eigenvalue weighted by Crippen LogP contribution is -2.24. The number of ether oxygens (including phenoxy) is 1. The maximum absolute atomic E-state index is 13.5. The zero-order chi connectivity index (χ0) is 16.8. The number of carbonyl (C=O) groups excluding carboxylic acids is 1. The van der Waals surface area contributed by atoms with Crippen LogP contribution >= 0.6 is 11.6 Å². The van der Waals surface area contributed by atoms with Gasteiger partial charge in [0.2, 0.25) is 0 Å². The normalized spacial score (nSPS) is 10.8.